The molecule has 0 spiro atoms. The number of amides is 2. The van der Waals surface area contributed by atoms with Gasteiger partial charge in [-0.3, -0.25) is 0 Å². The van der Waals surface area contributed by atoms with E-state index in [2.05, 4.69) is 17.4 Å². The van der Waals surface area contributed by atoms with Crippen molar-refractivity contribution in [3.63, 3.8) is 0 Å². The van der Waals surface area contributed by atoms with Gasteiger partial charge in [0.05, 0.1) is 19.3 Å². The van der Waals surface area contributed by atoms with E-state index in [1.54, 1.807) is 0 Å². The maximum Gasteiger partial charge on any atom is 0.317 e. The molecule has 2 amide bonds. The van der Waals surface area contributed by atoms with Gasteiger partial charge in [0, 0.05) is 32.2 Å². The maximum absolute atomic E-state index is 12.1. The topological polar surface area (TPSA) is 50.8 Å². The molecule has 2 atom stereocenters. The molecule has 2 heterocycles. The maximum atomic E-state index is 12.1. The Balaban J connectivity index is 1.53. The Labute approximate surface area is 125 Å². The molecule has 2 saturated heterocycles. The summed E-state index contributed by atoms with van der Waals surface area (Å²) in [5, 5.41) is 3.05. The number of carbonyl (C=O) groups excluding carboxylic acids is 1. The first kappa shape index (κ1) is 14.4. The quantitative estimate of drug-likeness (QED) is 0.923. The largest absolute Gasteiger partial charge is 0.378 e. The Morgan fingerprint density at radius 1 is 1.19 bits per heavy atom. The fourth-order valence-corrected chi connectivity index (χ4v) is 2.95. The SMILES string of the molecule is O=C(NC[C@@H]1CCO[C@@H]1c1ccccc1)N1CCOCC1. The van der Waals surface area contributed by atoms with Crippen molar-refractivity contribution in [2.45, 2.75) is 12.5 Å². The molecule has 1 aromatic carbocycles. The number of rotatable bonds is 3. The summed E-state index contributed by atoms with van der Waals surface area (Å²) in [6.07, 6.45) is 1.08. The molecule has 2 aliphatic heterocycles. The standard InChI is InChI=1S/C16H22N2O3/c19-16(18-7-10-20-11-8-18)17-12-14-6-9-21-15(14)13-4-2-1-3-5-13/h1-5,14-15H,6-12H2,(H,17,19)/t14-,15+/m0/s1. The molecular weight excluding hydrogens is 268 g/mol. The molecule has 1 N–H and O–H groups in total. The minimum Gasteiger partial charge on any atom is -0.378 e. The zero-order valence-electron chi connectivity index (χ0n) is 12.2. The number of ether oxygens (including phenoxy) is 2. The van der Waals surface area contributed by atoms with Gasteiger partial charge in [-0.25, -0.2) is 4.79 Å². The molecule has 114 valence electrons. The van der Waals surface area contributed by atoms with Crippen molar-refractivity contribution in [2.75, 3.05) is 39.5 Å². The zero-order valence-corrected chi connectivity index (χ0v) is 12.2. The summed E-state index contributed by atoms with van der Waals surface area (Å²) in [5.41, 5.74) is 1.20. The van der Waals surface area contributed by atoms with E-state index in [1.165, 1.54) is 5.56 Å². The Kier molecular flexibility index (Phi) is 4.72. The van der Waals surface area contributed by atoms with Crippen LogP contribution in [0.3, 0.4) is 0 Å². The van der Waals surface area contributed by atoms with Crippen LogP contribution in [0, 0.1) is 5.92 Å². The minimum absolute atomic E-state index is 0.0111. The average molecular weight is 290 g/mol. The van der Waals surface area contributed by atoms with Gasteiger partial charge in [-0.2, -0.15) is 0 Å². The summed E-state index contributed by atoms with van der Waals surface area (Å²) in [7, 11) is 0. The number of hydrogen-bond donors (Lipinski definition) is 1. The van der Waals surface area contributed by atoms with E-state index in [-0.39, 0.29) is 12.1 Å². The minimum atomic E-state index is 0.0111. The molecular formula is C16H22N2O3. The zero-order chi connectivity index (χ0) is 14.5. The number of nitrogens with zero attached hydrogens (tertiary/aromatic N) is 1. The van der Waals surface area contributed by atoms with Gasteiger partial charge in [0.1, 0.15) is 0 Å². The van der Waals surface area contributed by atoms with Gasteiger partial charge in [-0.05, 0) is 12.0 Å². The Bertz CT molecular complexity index is 460. The van der Waals surface area contributed by atoms with Crippen LogP contribution >= 0.6 is 0 Å². The summed E-state index contributed by atoms with van der Waals surface area (Å²) in [6.45, 7) is 4.04. The number of carbonyl (C=O) groups is 1. The summed E-state index contributed by atoms with van der Waals surface area (Å²) in [5.74, 6) is 0.345. The van der Waals surface area contributed by atoms with Crippen LogP contribution in [0.4, 0.5) is 4.79 Å². The van der Waals surface area contributed by atoms with Crippen LogP contribution in [-0.4, -0.2) is 50.4 Å². The monoisotopic (exact) mass is 290 g/mol. The Hall–Kier alpha value is -1.59. The number of urea groups is 1. The molecule has 21 heavy (non-hydrogen) atoms. The van der Waals surface area contributed by atoms with Crippen molar-refractivity contribution in [1.82, 2.24) is 10.2 Å². The molecule has 2 fully saturated rings. The fraction of sp³-hybridized carbons (Fsp3) is 0.562. The lowest BCUT2D eigenvalue weighted by atomic mass is 9.95. The van der Waals surface area contributed by atoms with Gasteiger partial charge in [-0.1, -0.05) is 30.3 Å². The van der Waals surface area contributed by atoms with Gasteiger partial charge in [0.2, 0.25) is 0 Å². The van der Waals surface area contributed by atoms with E-state index in [9.17, 15) is 4.79 Å². The van der Waals surface area contributed by atoms with Crippen molar-refractivity contribution in [3.8, 4) is 0 Å². The van der Waals surface area contributed by atoms with Gasteiger partial charge >= 0.3 is 6.03 Å². The van der Waals surface area contributed by atoms with Crippen LogP contribution in [0.15, 0.2) is 30.3 Å². The first-order valence-corrected chi connectivity index (χ1v) is 7.61. The summed E-state index contributed by atoms with van der Waals surface area (Å²) in [4.78, 5) is 13.9. The average Bonchev–Trinajstić information content (AvgIpc) is 3.03. The van der Waals surface area contributed by atoms with E-state index in [0.29, 0.717) is 38.8 Å². The lowest BCUT2D eigenvalue weighted by molar-refractivity contribution is 0.0522. The number of nitrogens with one attached hydrogen (secondary N) is 1. The van der Waals surface area contributed by atoms with E-state index < -0.39 is 0 Å². The van der Waals surface area contributed by atoms with Crippen LogP contribution in [0.1, 0.15) is 18.1 Å². The predicted octanol–water partition coefficient (Wildman–Crippen LogP) is 1.81. The first-order valence-electron chi connectivity index (χ1n) is 7.61. The van der Waals surface area contributed by atoms with Crippen LogP contribution < -0.4 is 5.32 Å². The fourth-order valence-electron chi connectivity index (χ4n) is 2.95. The highest BCUT2D eigenvalue weighted by Crippen LogP contribution is 2.33. The van der Waals surface area contributed by atoms with Crippen LogP contribution in [-0.2, 0) is 9.47 Å². The smallest absolute Gasteiger partial charge is 0.317 e. The molecule has 0 unspecified atom stereocenters. The molecule has 1 aromatic rings. The van der Waals surface area contributed by atoms with Crippen LogP contribution in [0.2, 0.25) is 0 Å². The Morgan fingerprint density at radius 2 is 1.95 bits per heavy atom. The van der Waals surface area contributed by atoms with Crippen molar-refractivity contribution in [2.24, 2.45) is 5.92 Å². The Morgan fingerprint density at radius 3 is 2.71 bits per heavy atom. The number of hydrogen-bond acceptors (Lipinski definition) is 3. The third-order valence-corrected chi connectivity index (χ3v) is 4.16. The highest BCUT2D eigenvalue weighted by atomic mass is 16.5. The normalized spacial score (nSPS) is 25.8. The van der Waals surface area contributed by atoms with Crippen LogP contribution in [0.5, 0.6) is 0 Å². The summed E-state index contributed by atoms with van der Waals surface area (Å²) in [6, 6.07) is 10.3. The lowest BCUT2D eigenvalue weighted by Crippen LogP contribution is -2.47. The number of morpholine rings is 1. The summed E-state index contributed by atoms with van der Waals surface area (Å²) < 4.78 is 11.1. The van der Waals surface area contributed by atoms with Gasteiger partial charge in [-0.15, -0.1) is 0 Å². The van der Waals surface area contributed by atoms with E-state index in [4.69, 9.17) is 9.47 Å². The van der Waals surface area contributed by atoms with Gasteiger partial charge in [0.15, 0.2) is 0 Å². The van der Waals surface area contributed by atoms with Crippen molar-refractivity contribution in [3.05, 3.63) is 35.9 Å². The third kappa shape index (κ3) is 3.54. The molecule has 0 aliphatic carbocycles. The van der Waals surface area contributed by atoms with Crippen molar-refractivity contribution in [1.29, 1.82) is 0 Å². The van der Waals surface area contributed by atoms with Gasteiger partial charge in [0.25, 0.3) is 0 Å². The molecule has 0 aromatic heterocycles. The van der Waals surface area contributed by atoms with E-state index in [1.807, 2.05) is 23.1 Å². The molecule has 5 nitrogen and oxygen atoms in total. The second kappa shape index (κ2) is 6.91. The van der Waals surface area contributed by atoms with Crippen LogP contribution in [0.25, 0.3) is 0 Å². The molecule has 0 saturated carbocycles. The van der Waals surface area contributed by atoms with Crippen molar-refractivity contribution < 1.29 is 14.3 Å². The second-order valence-electron chi connectivity index (χ2n) is 5.54. The van der Waals surface area contributed by atoms with Gasteiger partial charge < -0.3 is 19.7 Å². The molecule has 0 radical (unpaired) electrons. The van der Waals surface area contributed by atoms with Crippen molar-refractivity contribution >= 4 is 6.03 Å². The number of benzene rings is 1. The molecule has 5 heteroatoms. The highest BCUT2D eigenvalue weighted by Gasteiger charge is 2.30. The predicted molar refractivity (Wildman–Crippen MR) is 79.0 cm³/mol. The van der Waals surface area contributed by atoms with E-state index in [0.717, 1.165) is 13.0 Å². The lowest BCUT2D eigenvalue weighted by Gasteiger charge is -2.28. The molecule has 0 bridgehead atoms. The molecule has 2 aliphatic rings. The second-order valence-corrected chi connectivity index (χ2v) is 5.54. The highest BCUT2D eigenvalue weighted by molar-refractivity contribution is 5.74. The molecule has 3 rings (SSSR count). The summed E-state index contributed by atoms with van der Waals surface area (Å²) >= 11 is 0. The first-order chi connectivity index (χ1) is 10.3. The third-order valence-electron chi connectivity index (χ3n) is 4.16. The van der Waals surface area contributed by atoms with E-state index >= 15 is 0 Å².